The van der Waals surface area contributed by atoms with Gasteiger partial charge in [0.1, 0.15) is 0 Å². The predicted molar refractivity (Wildman–Crippen MR) is 88.9 cm³/mol. The molecule has 1 aromatic rings. The van der Waals surface area contributed by atoms with Crippen LogP contribution in [0.5, 0.6) is 0 Å². The van der Waals surface area contributed by atoms with Crippen molar-refractivity contribution >= 4 is 29.6 Å². The molecular formula is C18H20ClNO3. The van der Waals surface area contributed by atoms with Crippen LogP contribution in [0.15, 0.2) is 30.3 Å². The SMILES string of the molecule is COC(=O)[C@@H]1CC12CCN(C(=O)/C=C/c1ccccc1Cl)CC2. The summed E-state index contributed by atoms with van der Waals surface area (Å²) >= 11 is 6.08. The molecule has 1 saturated heterocycles. The zero-order chi connectivity index (χ0) is 16.4. The molecular weight excluding hydrogens is 314 g/mol. The third-order valence-electron chi connectivity index (χ3n) is 5.06. The van der Waals surface area contributed by atoms with E-state index in [0.29, 0.717) is 18.1 Å². The first-order valence-electron chi connectivity index (χ1n) is 7.85. The van der Waals surface area contributed by atoms with Gasteiger partial charge in [0.2, 0.25) is 5.91 Å². The number of methoxy groups -OCH3 is 1. The highest BCUT2D eigenvalue weighted by atomic mass is 35.5. The first-order valence-corrected chi connectivity index (χ1v) is 8.23. The molecule has 0 radical (unpaired) electrons. The molecule has 2 aliphatic rings. The Bertz CT molecular complexity index is 647. The molecule has 0 unspecified atom stereocenters. The van der Waals surface area contributed by atoms with Gasteiger partial charge in [0.15, 0.2) is 0 Å². The minimum absolute atomic E-state index is 0.00459. The van der Waals surface area contributed by atoms with Gasteiger partial charge in [-0.1, -0.05) is 29.8 Å². The Morgan fingerprint density at radius 1 is 1.30 bits per heavy atom. The van der Waals surface area contributed by atoms with Gasteiger partial charge in [-0.2, -0.15) is 0 Å². The molecule has 1 heterocycles. The van der Waals surface area contributed by atoms with Gasteiger partial charge in [-0.3, -0.25) is 9.59 Å². The van der Waals surface area contributed by atoms with Crippen molar-refractivity contribution in [3.05, 3.63) is 40.9 Å². The van der Waals surface area contributed by atoms with Crippen LogP contribution < -0.4 is 0 Å². The summed E-state index contributed by atoms with van der Waals surface area (Å²) < 4.78 is 4.83. The van der Waals surface area contributed by atoms with E-state index in [1.807, 2.05) is 23.1 Å². The molecule has 1 aromatic carbocycles. The number of nitrogens with zero attached hydrogens (tertiary/aromatic N) is 1. The lowest BCUT2D eigenvalue weighted by Gasteiger charge is -2.32. The van der Waals surface area contributed by atoms with Crippen molar-refractivity contribution in [3.8, 4) is 0 Å². The standard InChI is InChI=1S/C18H20ClNO3/c1-23-17(22)14-12-18(14)8-10-20(11-9-18)16(21)7-6-13-4-2-3-5-15(13)19/h2-7,14H,8-12H2,1H3/b7-6+/t14-/m0/s1. The lowest BCUT2D eigenvalue weighted by molar-refractivity contribution is -0.143. The number of halogens is 1. The Labute approximate surface area is 141 Å². The summed E-state index contributed by atoms with van der Waals surface area (Å²) in [6, 6.07) is 7.43. The van der Waals surface area contributed by atoms with Crippen molar-refractivity contribution in [1.29, 1.82) is 0 Å². The zero-order valence-corrected chi connectivity index (χ0v) is 13.9. The number of likely N-dealkylation sites (tertiary alicyclic amines) is 1. The summed E-state index contributed by atoms with van der Waals surface area (Å²) in [5.74, 6) is -0.0816. The quantitative estimate of drug-likeness (QED) is 0.630. The van der Waals surface area contributed by atoms with E-state index in [9.17, 15) is 9.59 Å². The van der Waals surface area contributed by atoms with Gasteiger partial charge >= 0.3 is 5.97 Å². The Hall–Kier alpha value is -1.81. The van der Waals surface area contributed by atoms with E-state index in [1.165, 1.54) is 7.11 Å². The van der Waals surface area contributed by atoms with Gasteiger partial charge in [-0.15, -0.1) is 0 Å². The monoisotopic (exact) mass is 333 g/mol. The largest absolute Gasteiger partial charge is 0.469 e. The van der Waals surface area contributed by atoms with Crippen molar-refractivity contribution in [3.63, 3.8) is 0 Å². The summed E-state index contributed by atoms with van der Waals surface area (Å²) in [6.07, 6.45) is 5.97. The summed E-state index contributed by atoms with van der Waals surface area (Å²) in [7, 11) is 1.44. The van der Waals surface area contributed by atoms with Crippen molar-refractivity contribution < 1.29 is 14.3 Å². The van der Waals surface area contributed by atoms with Crippen molar-refractivity contribution in [2.45, 2.75) is 19.3 Å². The van der Waals surface area contributed by atoms with E-state index >= 15 is 0 Å². The number of esters is 1. The van der Waals surface area contributed by atoms with E-state index in [4.69, 9.17) is 16.3 Å². The molecule has 1 atom stereocenters. The van der Waals surface area contributed by atoms with Crippen LogP contribution >= 0.6 is 11.6 Å². The maximum Gasteiger partial charge on any atom is 0.309 e. The summed E-state index contributed by atoms with van der Waals surface area (Å²) in [6.45, 7) is 1.39. The predicted octanol–water partition coefficient (Wildman–Crippen LogP) is 3.15. The highest BCUT2D eigenvalue weighted by Crippen LogP contribution is 2.59. The van der Waals surface area contributed by atoms with Crippen molar-refractivity contribution in [2.75, 3.05) is 20.2 Å². The summed E-state index contributed by atoms with van der Waals surface area (Å²) in [5, 5.41) is 0.632. The molecule has 1 amide bonds. The Balaban J connectivity index is 1.55. The number of benzene rings is 1. The molecule has 0 N–H and O–H groups in total. The van der Waals surface area contributed by atoms with Crippen molar-refractivity contribution in [2.24, 2.45) is 11.3 Å². The first kappa shape index (κ1) is 16.1. The van der Waals surface area contributed by atoms with Crippen LogP contribution in [0.25, 0.3) is 6.08 Å². The van der Waals surface area contributed by atoms with E-state index in [1.54, 1.807) is 18.2 Å². The van der Waals surface area contributed by atoms with E-state index < -0.39 is 0 Å². The smallest absolute Gasteiger partial charge is 0.309 e. The first-order chi connectivity index (χ1) is 11.1. The Morgan fingerprint density at radius 2 is 2.00 bits per heavy atom. The van der Waals surface area contributed by atoms with Gasteiger partial charge in [0, 0.05) is 24.2 Å². The molecule has 1 aliphatic heterocycles. The fraction of sp³-hybridized carbons (Fsp3) is 0.444. The molecule has 0 bridgehead atoms. The number of amides is 1. The van der Waals surface area contributed by atoms with E-state index in [0.717, 1.165) is 24.8 Å². The summed E-state index contributed by atoms with van der Waals surface area (Å²) in [5.41, 5.74) is 0.917. The second kappa shape index (κ2) is 6.36. The molecule has 122 valence electrons. The van der Waals surface area contributed by atoms with Crippen LogP contribution in [-0.4, -0.2) is 37.0 Å². The maximum atomic E-state index is 12.3. The average Bonchev–Trinajstić information content (AvgIpc) is 3.27. The number of ether oxygens (including phenoxy) is 1. The second-order valence-electron chi connectivity index (χ2n) is 6.32. The molecule has 4 nitrogen and oxygen atoms in total. The topological polar surface area (TPSA) is 46.6 Å². The number of carbonyl (C=O) groups is 2. The third-order valence-corrected chi connectivity index (χ3v) is 5.40. The number of carbonyl (C=O) groups excluding carboxylic acids is 2. The highest BCUT2D eigenvalue weighted by molar-refractivity contribution is 6.32. The molecule has 0 aromatic heterocycles. The molecule has 5 heteroatoms. The van der Waals surface area contributed by atoms with Crippen LogP contribution in [0, 0.1) is 11.3 Å². The fourth-order valence-corrected chi connectivity index (χ4v) is 3.62. The molecule has 1 saturated carbocycles. The van der Waals surface area contributed by atoms with Gasteiger partial charge in [0.25, 0.3) is 0 Å². The van der Waals surface area contributed by atoms with Crippen LogP contribution in [-0.2, 0) is 14.3 Å². The lowest BCUT2D eigenvalue weighted by atomic mass is 9.91. The third kappa shape index (κ3) is 3.27. The van der Waals surface area contributed by atoms with Crippen LogP contribution in [0.3, 0.4) is 0 Å². The zero-order valence-electron chi connectivity index (χ0n) is 13.1. The molecule has 1 aliphatic carbocycles. The Morgan fingerprint density at radius 3 is 2.65 bits per heavy atom. The summed E-state index contributed by atoms with van der Waals surface area (Å²) in [4.78, 5) is 25.8. The van der Waals surface area contributed by atoms with Gasteiger partial charge in [-0.05, 0) is 42.4 Å². The molecule has 2 fully saturated rings. The number of rotatable bonds is 3. The number of piperidine rings is 1. The normalized spacial score (nSPS) is 22.3. The van der Waals surface area contributed by atoms with Gasteiger partial charge in [0.05, 0.1) is 13.0 Å². The molecule has 3 rings (SSSR count). The number of hydrogen-bond acceptors (Lipinski definition) is 3. The highest BCUT2D eigenvalue weighted by Gasteiger charge is 2.59. The minimum atomic E-state index is -0.108. The van der Waals surface area contributed by atoms with E-state index in [-0.39, 0.29) is 23.2 Å². The van der Waals surface area contributed by atoms with E-state index in [2.05, 4.69) is 0 Å². The van der Waals surface area contributed by atoms with Crippen LogP contribution in [0.4, 0.5) is 0 Å². The molecule has 23 heavy (non-hydrogen) atoms. The second-order valence-corrected chi connectivity index (χ2v) is 6.73. The van der Waals surface area contributed by atoms with Crippen LogP contribution in [0.1, 0.15) is 24.8 Å². The Kier molecular flexibility index (Phi) is 4.44. The fourth-order valence-electron chi connectivity index (χ4n) is 3.42. The van der Waals surface area contributed by atoms with Gasteiger partial charge in [-0.25, -0.2) is 0 Å². The molecule has 1 spiro atoms. The van der Waals surface area contributed by atoms with Crippen LogP contribution in [0.2, 0.25) is 5.02 Å². The lowest BCUT2D eigenvalue weighted by Crippen LogP contribution is -2.39. The maximum absolute atomic E-state index is 12.3. The van der Waals surface area contributed by atoms with Crippen molar-refractivity contribution in [1.82, 2.24) is 4.90 Å². The average molecular weight is 334 g/mol. The number of hydrogen-bond donors (Lipinski definition) is 0. The minimum Gasteiger partial charge on any atom is -0.469 e. The van der Waals surface area contributed by atoms with Gasteiger partial charge < -0.3 is 9.64 Å².